The van der Waals surface area contributed by atoms with Gasteiger partial charge in [-0.25, -0.2) is 0 Å². The van der Waals surface area contributed by atoms with Crippen molar-refractivity contribution in [3.63, 3.8) is 0 Å². The number of hydrogen-bond donors (Lipinski definition) is 1. The topological polar surface area (TPSA) is 53.7 Å². The highest BCUT2D eigenvalue weighted by Gasteiger charge is 2.19. The molecule has 0 aromatic heterocycles. The maximum Gasteiger partial charge on any atom is 0.131 e. The Morgan fingerprint density at radius 2 is 1.58 bits per heavy atom. The molecule has 19 heavy (non-hydrogen) atoms. The molecule has 2 N–H and O–H groups in total. The number of ether oxygens (including phenoxy) is 3. The van der Waals surface area contributed by atoms with E-state index < -0.39 is 0 Å². The summed E-state index contributed by atoms with van der Waals surface area (Å²) in [6.45, 7) is 2.15. The lowest BCUT2D eigenvalue weighted by molar-refractivity contribution is 0.362. The number of halogens is 1. The summed E-state index contributed by atoms with van der Waals surface area (Å²) in [6.07, 6.45) is 3.11. The van der Waals surface area contributed by atoms with Crippen LogP contribution in [0.2, 0.25) is 0 Å². The maximum absolute atomic E-state index is 6.22. The van der Waals surface area contributed by atoms with Gasteiger partial charge in [-0.1, -0.05) is 19.8 Å². The third-order valence-electron chi connectivity index (χ3n) is 2.99. The van der Waals surface area contributed by atoms with Gasteiger partial charge in [-0.05, 0) is 6.42 Å². The standard InChI is InChI=1S/C14H23NO3.ClH/c1-5-6-7-11(15)14-12(17-3)8-10(16-2)9-13(14)18-4;/h8-9,11H,5-7,15H2,1-4H3;1H/t11-;/m0./s1. The van der Waals surface area contributed by atoms with Crippen LogP contribution in [0.3, 0.4) is 0 Å². The number of benzene rings is 1. The predicted molar refractivity (Wildman–Crippen MR) is 79.8 cm³/mol. The fraction of sp³-hybridized carbons (Fsp3) is 0.571. The average Bonchev–Trinajstić information content (AvgIpc) is 2.42. The fourth-order valence-electron chi connectivity index (χ4n) is 1.97. The molecule has 110 valence electrons. The van der Waals surface area contributed by atoms with Gasteiger partial charge in [0, 0.05) is 18.2 Å². The molecule has 0 radical (unpaired) electrons. The van der Waals surface area contributed by atoms with Gasteiger partial charge >= 0.3 is 0 Å². The average molecular weight is 290 g/mol. The molecule has 0 fully saturated rings. The second-order valence-electron chi connectivity index (χ2n) is 4.19. The summed E-state index contributed by atoms with van der Waals surface area (Å²) in [5, 5.41) is 0. The Kier molecular flexibility index (Phi) is 8.35. The summed E-state index contributed by atoms with van der Waals surface area (Å²) >= 11 is 0. The zero-order valence-corrected chi connectivity index (χ0v) is 12.9. The molecule has 1 aromatic carbocycles. The van der Waals surface area contributed by atoms with Crippen LogP contribution in [0.15, 0.2) is 12.1 Å². The monoisotopic (exact) mass is 289 g/mol. The van der Waals surface area contributed by atoms with Gasteiger partial charge in [0.1, 0.15) is 17.2 Å². The molecular formula is C14H24ClNO3. The van der Waals surface area contributed by atoms with Crippen molar-refractivity contribution in [2.24, 2.45) is 5.73 Å². The van der Waals surface area contributed by atoms with Gasteiger partial charge in [0.05, 0.1) is 26.9 Å². The molecule has 1 rings (SSSR count). The minimum Gasteiger partial charge on any atom is -0.496 e. The van der Waals surface area contributed by atoms with Crippen molar-refractivity contribution in [2.75, 3.05) is 21.3 Å². The Bertz CT molecular complexity index is 360. The van der Waals surface area contributed by atoms with Crippen LogP contribution < -0.4 is 19.9 Å². The van der Waals surface area contributed by atoms with Crippen LogP contribution in [-0.2, 0) is 0 Å². The van der Waals surface area contributed by atoms with E-state index in [9.17, 15) is 0 Å². The summed E-state index contributed by atoms with van der Waals surface area (Å²) in [5.41, 5.74) is 7.14. The molecule has 0 aliphatic rings. The zero-order valence-electron chi connectivity index (χ0n) is 12.1. The smallest absolute Gasteiger partial charge is 0.131 e. The van der Waals surface area contributed by atoms with Crippen molar-refractivity contribution in [1.29, 1.82) is 0 Å². The third kappa shape index (κ3) is 4.48. The van der Waals surface area contributed by atoms with Crippen LogP contribution >= 0.6 is 12.4 Å². The first-order valence-electron chi connectivity index (χ1n) is 6.23. The van der Waals surface area contributed by atoms with Crippen molar-refractivity contribution in [1.82, 2.24) is 0 Å². The summed E-state index contributed by atoms with van der Waals surface area (Å²) in [4.78, 5) is 0. The summed E-state index contributed by atoms with van der Waals surface area (Å²) in [5.74, 6) is 2.14. The van der Waals surface area contributed by atoms with E-state index >= 15 is 0 Å². The molecule has 0 heterocycles. The number of unbranched alkanes of at least 4 members (excludes halogenated alkanes) is 1. The van der Waals surface area contributed by atoms with E-state index in [0.29, 0.717) is 5.75 Å². The van der Waals surface area contributed by atoms with Gasteiger partial charge in [0.2, 0.25) is 0 Å². The van der Waals surface area contributed by atoms with Gasteiger partial charge in [0.25, 0.3) is 0 Å². The number of hydrogen-bond acceptors (Lipinski definition) is 4. The van der Waals surface area contributed by atoms with Crippen molar-refractivity contribution in [3.8, 4) is 17.2 Å². The van der Waals surface area contributed by atoms with E-state index in [0.717, 1.165) is 36.3 Å². The molecular weight excluding hydrogens is 266 g/mol. The van der Waals surface area contributed by atoms with E-state index in [2.05, 4.69) is 6.92 Å². The molecule has 0 unspecified atom stereocenters. The molecule has 5 heteroatoms. The maximum atomic E-state index is 6.22. The SMILES string of the molecule is CCCC[C@H](N)c1c(OC)cc(OC)cc1OC.Cl. The second-order valence-corrected chi connectivity index (χ2v) is 4.19. The number of rotatable bonds is 7. The van der Waals surface area contributed by atoms with Crippen LogP contribution in [0, 0.1) is 0 Å². The molecule has 0 bridgehead atoms. The fourth-order valence-corrected chi connectivity index (χ4v) is 1.97. The predicted octanol–water partition coefficient (Wildman–Crippen LogP) is 3.32. The first-order chi connectivity index (χ1) is 8.67. The minimum atomic E-state index is -0.0826. The highest BCUT2D eigenvalue weighted by Crippen LogP contribution is 2.38. The zero-order chi connectivity index (χ0) is 13.5. The van der Waals surface area contributed by atoms with Gasteiger partial charge in [-0.15, -0.1) is 12.4 Å². The second kappa shape index (κ2) is 8.88. The van der Waals surface area contributed by atoms with Crippen molar-refractivity contribution >= 4 is 12.4 Å². The van der Waals surface area contributed by atoms with E-state index in [1.54, 1.807) is 21.3 Å². The van der Waals surface area contributed by atoms with Crippen molar-refractivity contribution < 1.29 is 14.2 Å². The summed E-state index contributed by atoms with van der Waals surface area (Å²) in [7, 11) is 4.87. The molecule has 0 aliphatic heterocycles. The van der Waals surface area contributed by atoms with Crippen LogP contribution in [0.5, 0.6) is 17.2 Å². The molecule has 1 aromatic rings. The van der Waals surface area contributed by atoms with Crippen LogP contribution in [0.4, 0.5) is 0 Å². The lowest BCUT2D eigenvalue weighted by atomic mass is 9.99. The van der Waals surface area contributed by atoms with Crippen LogP contribution in [0.25, 0.3) is 0 Å². The molecule has 0 spiro atoms. The van der Waals surface area contributed by atoms with Gasteiger partial charge in [0.15, 0.2) is 0 Å². The largest absolute Gasteiger partial charge is 0.496 e. The van der Waals surface area contributed by atoms with E-state index in [-0.39, 0.29) is 18.4 Å². The van der Waals surface area contributed by atoms with Gasteiger partial charge in [-0.3, -0.25) is 0 Å². The number of nitrogens with two attached hydrogens (primary N) is 1. The molecule has 0 saturated carbocycles. The highest BCUT2D eigenvalue weighted by atomic mass is 35.5. The van der Waals surface area contributed by atoms with Crippen molar-refractivity contribution in [2.45, 2.75) is 32.2 Å². The number of methoxy groups -OCH3 is 3. The molecule has 4 nitrogen and oxygen atoms in total. The summed E-state index contributed by atoms with van der Waals surface area (Å²) in [6, 6.07) is 3.59. The Balaban J connectivity index is 0.00000324. The first-order valence-corrected chi connectivity index (χ1v) is 6.23. The third-order valence-corrected chi connectivity index (χ3v) is 2.99. The minimum absolute atomic E-state index is 0. The highest BCUT2D eigenvalue weighted by molar-refractivity contribution is 5.85. The lowest BCUT2D eigenvalue weighted by Crippen LogP contribution is -2.13. The van der Waals surface area contributed by atoms with Crippen LogP contribution in [-0.4, -0.2) is 21.3 Å². The van der Waals surface area contributed by atoms with Gasteiger partial charge < -0.3 is 19.9 Å². The first kappa shape index (κ1) is 17.9. The Labute approximate surface area is 121 Å². The van der Waals surface area contributed by atoms with Gasteiger partial charge in [-0.2, -0.15) is 0 Å². The quantitative estimate of drug-likeness (QED) is 0.836. The summed E-state index contributed by atoms with van der Waals surface area (Å²) < 4.78 is 16.0. The Morgan fingerprint density at radius 3 is 1.95 bits per heavy atom. The van der Waals surface area contributed by atoms with E-state index in [1.165, 1.54) is 0 Å². The van der Waals surface area contributed by atoms with Crippen LogP contribution in [0.1, 0.15) is 37.8 Å². The molecule has 1 atom stereocenters. The molecule has 0 aliphatic carbocycles. The van der Waals surface area contributed by atoms with E-state index in [1.807, 2.05) is 12.1 Å². The molecule has 0 amide bonds. The van der Waals surface area contributed by atoms with E-state index in [4.69, 9.17) is 19.9 Å². The normalized spacial score (nSPS) is 11.4. The Morgan fingerprint density at radius 1 is 1.05 bits per heavy atom. The Hall–Kier alpha value is -1.13. The molecule has 0 saturated heterocycles. The lowest BCUT2D eigenvalue weighted by Gasteiger charge is -2.19. The van der Waals surface area contributed by atoms with Crippen molar-refractivity contribution in [3.05, 3.63) is 17.7 Å².